The molecular formula is C13H19N5O2. The molecule has 0 saturated carbocycles. The molecule has 0 radical (unpaired) electrons. The molecule has 0 bridgehead atoms. The van der Waals surface area contributed by atoms with Gasteiger partial charge in [0.2, 0.25) is 0 Å². The summed E-state index contributed by atoms with van der Waals surface area (Å²) in [5, 5.41) is 24.1. The standard InChI is InChI=1S/C13H19N5O2/c1-13(9-19,14-6-7-20-2)11-4-3-5-12(8-11)18-10-15-16-17-18/h3-5,8,10,14,19H,6-7,9H2,1-2H3. The minimum absolute atomic E-state index is 0.0181. The lowest BCUT2D eigenvalue weighted by molar-refractivity contribution is 0.148. The fourth-order valence-corrected chi connectivity index (χ4v) is 1.95. The maximum absolute atomic E-state index is 9.71. The Morgan fingerprint density at radius 2 is 2.30 bits per heavy atom. The van der Waals surface area contributed by atoms with Crippen molar-refractivity contribution >= 4 is 0 Å². The zero-order valence-electron chi connectivity index (χ0n) is 11.7. The van der Waals surface area contributed by atoms with Gasteiger partial charge in [0.25, 0.3) is 0 Å². The molecule has 1 unspecified atom stereocenters. The van der Waals surface area contributed by atoms with Crippen LogP contribution in [0.1, 0.15) is 12.5 Å². The van der Waals surface area contributed by atoms with Gasteiger partial charge in [-0.15, -0.1) is 5.10 Å². The summed E-state index contributed by atoms with van der Waals surface area (Å²) >= 11 is 0. The van der Waals surface area contributed by atoms with Gasteiger partial charge in [-0.05, 0) is 35.0 Å². The first kappa shape index (κ1) is 14.6. The molecule has 0 aliphatic carbocycles. The van der Waals surface area contributed by atoms with Gasteiger partial charge in [-0.2, -0.15) is 0 Å². The van der Waals surface area contributed by atoms with E-state index in [1.807, 2.05) is 31.2 Å². The number of benzene rings is 1. The third-order valence-corrected chi connectivity index (χ3v) is 3.23. The lowest BCUT2D eigenvalue weighted by atomic mass is 9.92. The molecule has 2 rings (SSSR count). The number of rotatable bonds is 7. The van der Waals surface area contributed by atoms with Crippen LogP contribution in [0.5, 0.6) is 0 Å². The van der Waals surface area contributed by atoms with Crippen LogP contribution in [0.25, 0.3) is 5.69 Å². The van der Waals surface area contributed by atoms with Crippen LogP contribution < -0.4 is 5.32 Å². The van der Waals surface area contributed by atoms with E-state index in [0.29, 0.717) is 13.2 Å². The molecular weight excluding hydrogens is 258 g/mol. The number of aliphatic hydroxyl groups is 1. The topological polar surface area (TPSA) is 85.1 Å². The van der Waals surface area contributed by atoms with Crippen molar-refractivity contribution in [3.8, 4) is 5.69 Å². The van der Waals surface area contributed by atoms with Gasteiger partial charge in [0.1, 0.15) is 6.33 Å². The second-order valence-corrected chi connectivity index (χ2v) is 4.71. The Morgan fingerprint density at radius 1 is 1.45 bits per heavy atom. The highest BCUT2D eigenvalue weighted by Crippen LogP contribution is 2.22. The summed E-state index contributed by atoms with van der Waals surface area (Å²) < 4.78 is 6.61. The molecule has 0 saturated heterocycles. The van der Waals surface area contributed by atoms with Gasteiger partial charge in [-0.1, -0.05) is 12.1 Å². The summed E-state index contributed by atoms with van der Waals surface area (Å²) in [5.41, 5.74) is 1.27. The summed E-state index contributed by atoms with van der Waals surface area (Å²) in [6.07, 6.45) is 1.54. The van der Waals surface area contributed by atoms with Gasteiger partial charge in [-0.3, -0.25) is 0 Å². The minimum atomic E-state index is -0.539. The molecule has 1 atom stereocenters. The van der Waals surface area contributed by atoms with Crippen molar-refractivity contribution in [3.05, 3.63) is 36.2 Å². The van der Waals surface area contributed by atoms with Crippen LogP contribution in [-0.2, 0) is 10.3 Å². The fourth-order valence-electron chi connectivity index (χ4n) is 1.95. The summed E-state index contributed by atoms with van der Waals surface area (Å²) in [7, 11) is 1.65. The molecule has 1 aromatic heterocycles. The van der Waals surface area contributed by atoms with Crippen LogP contribution >= 0.6 is 0 Å². The minimum Gasteiger partial charge on any atom is -0.394 e. The zero-order chi connectivity index (χ0) is 14.4. The molecule has 2 aromatic rings. The van der Waals surface area contributed by atoms with Gasteiger partial charge in [-0.25, -0.2) is 4.68 Å². The first-order chi connectivity index (χ1) is 9.69. The predicted molar refractivity (Wildman–Crippen MR) is 73.5 cm³/mol. The van der Waals surface area contributed by atoms with Gasteiger partial charge in [0.15, 0.2) is 0 Å². The highest BCUT2D eigenvalue weighted by molar-refractivity contribution is 5.37. The van der Waals surface area contributed by atoms with Crippen molar-refractivity contribution in [2.24, 2.45) is 0 Å². The quantitative estimate of drug-likeness (QED) is 0.699. The lowest BCUT2D eigenvalue weighted by Gasteiger charge is -2.29. The van der Waals surface area contributed by atoms with Crippen molar-refractivity contribution < 1.29 is 9.84 Å². The molecule has 1 aromatic carbocycles. The van der Waals surface area contributed by atoms with E-state index in [1.165, 1.54) is 6.33 Å². The fraction of sp³-hybridized carbons (Fsp3) is 0.462. The van der Waals surface area contributed by atoms with Crippen LogP contribution in [0, 0.1) is 0 Å². The first-order valence-corrected chi connectivity index (χ1v) is 6.38. The van der Waals surface area contributed by atoms with E-state index in [4.69, 9.17) is 4.74 Å². The molecule has 0 aliphatic rings. The van der Waals surface area contributed by atoms with E-state index in [0.717, 1.165) is 11.3 Å². The smallest absolute Gasteiger partial charge is 0.143 e. The average molecular weight is 277 g/mol. The van der Waals surface area contributed by atoms with Crippen molar-refractivity contribution in [3.63, 3.8) is 0 Å². The molecule has 7 heteroatoms. The number of ether oxygens (including phenoxy) is 1. The van der Waals surface area contributed by atoms with E-state index < -0.39 is 5.54 Å². The number of nitrogens with zero attached hydrogens (tertiary/aromatic N) is 4. The zero-order valence-corrected chi connectivity index (χ0v) is 11.7. The third-order valence-electron chi connectivity index (χ3n) is 3.23. The van der Waals surface area contributed by atoms with Crippen LogP contribution in [0.3, 0.4) is 0 Å². The Balaban J connectivity index is 2.23. The van der Waals surface area contributed by atoms with E-state index in [9.17, 15) is 5.11 Å². The molecule has 2 N–H and O–H groups in total. The molecule has 0 aliphatic heterocycles. The molecule has 0 amide bonds. The monoisotopic (exact) mass is 277 g/mol. The molecule has 20 heavy (non-hydrogen) atoms. The number of hydrogen-bond acceptors (Lipinski definition) is 6. The largest absolute Gasteiger partial charge is 0.394 e. The van der Waals surface area contributed by atoms with E-state index >= 15 is 0 Å². The highest BCUT2D eigenvalue weighted by atomic mass is 16.5. The summed E-state index contributed by atoms with van der Waals surface area (Å²) in [6.45, 7) is 3.17. The number of nitrogens with one attached hydrogen (secondary N) is 1. The van der Waals surface area contributed by atoms with E-state index in [1.54, 1.807) is 11.8 Å². The van der Waals surface area contributed by atoms with Crippen LogP contribution in [0.4, 0.5) is 0 Å². The molecule has 7 nitrogen and oxygen atoms in total. The Labute approximate surface area is 117 Å². The summed E-state index contributed by atoms with van der Waals surface area (Å²) in [6, 6.07) is 7.74. The molecule has 0 fully saturated rings. The second kappa shape index (κ2) is 6.56. The Morgan fingerprint density at radius 3 is 2.95 bits per heavy atom. The maximum Gasteiger partial charge on any atom is 0.143 e. The average Bonchev–Trinajstić information content (AvgIpc) is 3.02. The van der Waals surface area contributed by atoms with Crippen LogP contribution in [0.2, 0.25) is 0 Å². The number of hydrogen-bond donors (Lipinski definition) is 2. The van der Waals surface area contributed by atoms with E-state index in [-0.39, 0.29) is 6.61 Å². The summed E-state index contributed by atoms with van der Waals surface area (Å²) in [4.78, 5) is 0. The SMILES string of the molecule is COCCNC(C)(CO)c1cccc(-n2cnnn2)c1. The third kappa shape index (κ3) is 3.19. The number of tetrazole rings is 1. The first-order valence-electron chi connectivity index (χ1n) is 6.38. The van der Waals surface area contributed by atoms with Gasteiger partial charge < -0.3 is 15.2 Å². The van der Waals surface area contributed by atoms with Crippen molar-refractivity contribution in [2.45, 2.75) is 12.5 Å². The van der Waals surface area contributed by atoms with Crippen molar-refractivity contribution in [2.75, 3.05) is 26.9 Å². The summed E-state index contributed by atoms with van der Waals surface area (Å²) in [5.74, 6) is 0. The lowest BCUT2D eigenvalue weighted by Crippen LogP contribution is -2.44. The number of aromatic nitrogens is 4. The van der Waals surface area contributed by atoms with Gasteiger partial charge in [0.05, 0.1) is 24.4 Å². The second-order valence-electron chi connectivity index (χ2n) is 4.71. The molecule has 108 valence electrons. The van der Waals surface area contributed by atoms with Crippen molar-refractivity contribution in [1.29, 1.82) is 0 Å². The Hall–Kier alpha value is -1.83. The van der Waals surface area contributed by atoms with Crippen LogP contribution in [0.15, 0.2) is 30.6 Å². The Kier molecular flexibility index (Phi) is 4.78. The predicted octanol–water partition coefficient (Wildman–Crippen LogP) is 0.106. The van der Waals surface area contributed by atoms with Gasteiger partial charge in [0, 0.05) is 13.7 Å². The Bertz CT molecular complexity index is 531. The van der Waals surface area contributed by atoms with Crippen molar-refractivity contribution in [1.82, 2.24) is 25.5 Å². The van der Waals surface area contributed by atoms with Gasteiger partial charge >= 0.3 is 0 Å². The molecule has 0 spiro atoms. The van der Waals surface area contributed by atoms with Crippen LogP contribution in [-0.4, -0.2) is 52.2 Å². The van der Waals surface area contributed by atoms with E-state index in [2.05, 4.69) is 20.8 Å². The highest BCUT2D eigenvalue weighted by Gasteiger charge is 2.25. The molecule has 1 heterocycles. The number of aliphatic hydroxyl groups excluding tert-OH is 1. The normalized spacial score (nSPS) is 14.2. The maximum atomic E-state index is 9.71. The number of methoxy groups -OCH3 is 1.